The summed E-state index contributed by atoms with van der Waals surface area (Å²) in [5.41, 5.74) is 1.28. The summed E-state index contributed by atoms with van der Waals surface area (Å²) in [7, 11) is 0. The standard InChI is InChI=1S/C14H22N2O/c1-3-7-14(2)11-15-8-9-16(14)12-5-4-6-13(17)10-12/h4-6,10,15,17H,3,7-9,11H2,1-2H3. The number of aromatic hydroxyl groups is 1. The molecule has 0 aromatic heterocycles. The Morgan fingerprint density at radius 3 is 3.00 bits per heavy atom. The van der Waals surface area contributed by atoms with Crippen LogP contribution in [0.3, 0.4) is 0 Å². The third-order valence-electron chi connectivity index (χ3n) is 3.60. The average Bonchev–Trinajstić information content (AvgIpc) is 2.29. The van der Waals surface area contributed by atoms with Crippen LogP contribution in [0, 0.1) is 0 Å². The van der Waals surface area contributed by atoms with Crippen LogP contribution in [0.15, 0.2) is 24.3 Å². The Morgan fingerprint density at radius 1 is 1.47 bits per heavy atom. The van der Waals surface area contributed by atoms with Crippen molar-refractivity contribution >= 4 is 5.69 Å². The molecule has 0 bridgehead atoms. The van der Waals surface area contributed by atoms with Gasteiger partial charge in [0, 0.05) is 36.9 Å². The minimum Gasteiger partial charge on any atom is -0.508 e. The lowest BCUT2D eigenvalue weighted by Gasteiger charge is -2.47. The highest BCUT2D eigenvalue weighted by molar-refractivity contribution is 5.53. The largest absolute Gasteiger partial charge is 0.508 e. The summed E-state index contributed by atoms with van der Waals surface area (Å²) in [6.45, 7) is 7.54. The first-order valence-electron chi connectivity index (χ1n) is 6.43. The molecule has 1 fully saturated rings. The van der Waals surface area contributed by atoms with E-state index in [4.69, 9.17) is 0 Å². The first-order valence-corrected chi connectivity index (χ1v) is 6.43. The predicted octanol–water partition coefficient (Wildman–Crippen LogP) is 2.36. The van der Waals surface area contributed by atoms with Gasteiger partial charge in [0.15, 0.2) is 0 Å². The molecule has 0 saturated carbocycles. The Bertz CT molecular complexity index is 376. The summed E-state index contributed by atoms with van der Waals surface area (Å²) in [6, 6.07) is 7.58. The highest BCUT2D eigenvalue weighted by atomic mass is 16.3. The minimum atomic E-state index is 0.154. The molecule has 1 aromatic rings. The second-order valence-electron chi connectivity index (χ2n) is 5.10. The number of phenols is 1. The number of benzene rings is 1. The molecule has 1 aromatic carbocycles. The molecule has 17 heavy (non-hydrogen) atoms. The van der Waals surface area contributed by atoms with Gasteiger partial charge in [-0.2, -0.15) is 0 Å². The fourth-order valence-electron chi connectivity index (χ4n) is 2.78. The Morgan fingerprint density at radius 2 is 2.29 bits per heavy atom. The normalized spacial score (nSPS) is 24.9. The molecule has 3 nitrogen and oxygen atoms in total. The lowest BCUT2D eigenvalue weighted by molar-refractivity contribution is 0.328. The molecule has 3 heteroatoms. The Labute approximate surface area is 103 Å². The summed E-state index contributed by atoms with van der Waals surface area (Å²) in [6.07, 6.45) is 2.34. The summed E-state index contributed by atoms with van der Waals surface area (Å²) in [5.74, 6) is 0.347. The SMILES string of the molecule is CCCC1(C)CNCCN1c1cccc(O)c1. The van der Waals surface area contributed by atoms with Crippen LogP contribution < -0.4 is 10.2 Å². The van der Waals surface area contributed by atoms with Crippen LogP contribution in [0.5, 0.6) is 5.75 Å². The third-order valence-corrected chi connectivity index (χ3v) is 3.60. The molecule has 1 heterocycles. The molecule has 1 unspecified atom stereocenters. The monoisotopic (exact) mass is 234 g/mol. The van der Waals surface area contributed by atoms with E-state index in [2.05, 4.69) is 30.1 Å². The zero-order chi connectivity index (χ0) is 12.3. The molecular weight excluding hydrogens is 212 g/mol. The number of phenolic OH excluding ortho intramolecular Hbond substituents is 1. The second-order valence-corrected chi connectivity index (χ2v) is 5.10. The number of nitrogens with one attached hydrogen (secondary N) is 1. The predicted molar refractivity (Wildman–Crippen MR) is 71.6 cm³/mol. The quantitative estimate of drug-likeness (QED) is 0.842. The van der Waals surface area contributed by atoms with E-state index in [1.54, 1.807) is 6.07 Å². The zero-order valence-corrected chi connectivity index (χ0v) is 10.7. The number of nitrogens with zero attached hydrogens (tertiary/aromatic N) is 1. The van der Waals surface area contributed by atoms with Gasteiger partial charge in [-0.25, -0.2) is 0 Å². The van der Waals surface area contributed by atoms with E-state index in [0.29, 0.717) is 5.75 Å². The Hall–Kier alpha value is -1.22. The van der Waals surface area contributed by atoms with Gasteiger partial charge in [-0.1, -0.05) is 19.4 Å². The summed E-state index contributed by atoms with van der Waals surface area (Å²) in [5, 5.41) is 13.1. The van der Waals surface area contributed by atoms with E-state index in [0.717, 1.165) is 31.7 Å². The Balaban J connectivity index is 2.27. The van der Waals surface area contributed by atoms with Crippen molar-refractivity contribution in [3.63, 3.8) is 0 Å². The number of piperazine rings is 1. The second kappa shape index (κ2) is 4.96. The topological polar surface area (TPSA) is 35.5 Å². The van der Waals surface area contributed by atoms with E-state index in [1.807, 2.05) is 12.1 Å². The maximum absolute atomic E-state index is 9.60. The van der Waals surface area contributed by atoms with E-state index in [9.17, 15) is 5.11 Å². The van der Waals surface area contributed by atoms with Crippen LogP contribution in [-0.2, 0) is 0 Å². The van der Waals surface area contributed by atoms with Gasteiger partial charge < -0.3 is 15.3 Å². The first kappa shape index (κ1) is 12.2. The summed E-state index contributed by atoms with van der Waals surface area (Å²) in [4.78, 5) is 2.42. The number of rotatable bonds is 3. The summed E-state index contributed by atoms with van der Waals surface area (Å²) >= 11 is 0. The molecule has 2 rings (SSSR count). The fourth-order valence-corrected chi connectivity index (χ4v) is 2.78. The lowest BCUT2D eigenvalue weighted by atomic mass is 9.91. The van der Waals surface area contributed by atoms with E-state index >= 15 is 0 Å². The fraction of sp³-hybridized carbons (Fsp3) is 0.571. The molecule has 0 amide bonds. The smallest absolute Gasteiger partial charge is 0.117 e. The third kappa shape index (κ3) is 2.55. The molecule has 1 aliphatic rings. The highest BCUT2D eigenvalue weighted by Crippen LogP contribution is 2.30. The van der Waals surface area contributed by atoms with E-state index in [1.165, 1.54) is 6.42 Å². The molecule has 1 saturated heterocycles. The highest BCUT2D eigenvalue weighted by Gasteiger charge is 2.33. The maximum atomic E-state index is 9.60. The van der Waals surface area contributed by atoms with Gasteiger partial charge in [0.2, 0.25) is 0 Å². The molecule has 0 spiro atoms. The van der Waals surface area contributed by atoms with Crippen molar-refractivity contribution in [2.24, 2.45) is 0 Å². The van der Waals surface area contributed by atoms with Crippen molar-refractivity contribution < 1.29 is 5.11 Å². The van der Waals surface area contributed by atoms with Gasteiger partial charge in [-0.15, -0.1) is 0 Å². The summed E-state index contributed by atoms with van der Waals surface area (Å²) < 4.78 is 0. The molecule has 2 N–H and O–H groups in total. The average molecular weight is 234 g/mol. The van der Waals surface area contributed by atoms with Crippen LogP contribution in [-0.4, -0.2) is 30.3 Å². The first-order chi connectivity index (χ1) is 8.15. The van der Waals surface area contributed by atoms with Gasteiger partial charge in [0.05, 0.1) is 0 Å². The minimum absolute atomic E-state index is 0.154. The van der Waals surface area contributed by atoms with Crippen LogP contribution in [0.25, 0.3) is 0 Å². The Kier molecular flexibility index (Phi) is 3.57. The van der Waals surface area contributed by atoms with Gasteiger partial charge >= 0.3 is 0 Å². The van der Waals surface area contributed by atoms with Crippen molar-refractivity contribution in [1.82, 2.24) is 5.32 Å². The molecule has 94 valence electrons. The number of hydrogen-bond acceptors (Lipinski definition) is 3. The molecule has 1 aliphatic heterocycles. The van der Waals surface area contributed by atoms with Crippen molar-refractivity contribution in [3.8, 4) is 5.75 Å². The lowest BCUT2D eigenvalue weighted by Crippen LogP contribution is -2.59. The van der Waals surface area contributed by atoms with Gasteiger partial charge in [0.1, 0.15) is 5.75 Å². The van der Waals surface area contributed by atoms with Gasteiger partial charge in [-0.05, 0) is 25.5 Å². The van der Waals surface area contributed by atoms with E-state index in [-0.39, 0.29) is 5.54 Å². The molecule has 0 radical (unpaired) electrons. The van der Waals surface area contributed by atoms with Gasteiger partial charge in [-0.3, -0.25) is 0 Å². The van der Waals surface area contributed by atoms with Gasteiger partial charge in [0.25, 0.3) is 0 Å². The zero-order valence-electron chi connectivity index (χ0n) is 10.7. The van der Waals surface area contributed by atoms with E-state index < -0.39 is 0 Å². The number of anilines is 1. The van der Waals surface area contributed by atoms with Crippen LogP contribution in [0.1, 0.15) is 26.7 Å². The van der Waals surface area contributed by atoms with Crippen LogP contribution in [0.4, 0.5) is 5.69 Å². The van der Waals surface area contributed by atoms with Crippen molar-refractivity contribution in [3.05, 3.63) is 24.3 Å². The molecule has 0 aliphatic carbocycles. The van der Waals surface area contributed by atoms with Crippen LogP contribution in [0.2, 0.25) is 0 Å². The van der Waals surface area contributed by atoms with Crippen LogP contribution >= 0.6 is 0 Å². The molecular formula is C14H22N2O. The van der Waals surface area contributed by atoms with Crippen molar-refractivity contribution in [1.29, 1.82) is 0 Å². The van der Waals surface area contributed by atoms with Crippen molar-refractivity contribution in [2.75, 3.05) is 24.5 Å². The maximum Gasteiger partial charge on any atom is 0.117 e. The molecule has 1 atom stereocenters. The number of hydrogen-bond donors (Lipinski definition) is 2. The van der Waals surface area contributed by atoms with Crippen molar-refractivity contribution in [2.45, 2.75) is 32.2 Å².